The molecule has 0 aliphatic carbocycles. The number of carboxylic acids is 4. The molecule has 0 aliphatic rings. The van der Waals surface area contributed by atoms with E-state index < -0.39 is 23.9 Å². The van der Waals surface area contributed by atoms with Crippen molar-refractivity contribution in [2.45, 2.75) is 79.4 Å². The molecule has 0 saturated carbocycles. The van der Waals surface area contributed by atoms with Crippen LogP contribution in [0.3, 0.4) is 0 Å². The van der Waals surface area contributed by atoms with Crippen LogP contribution in [0.2, 0.25) is 0 Å². The molecule has 0 radical (unpaired) electrons. The van der Waals surface area contributed by atoms with Gasteiger partial charge in [0.05, 0.1) is 12.2 Å². The van der Waals surface area contributed by atoms with Gasteiger partial charge in [-0.2, -0.15) is 0 Å². The maximum Gasteiger partial charge on any atom is 0.330 e. The van der Waals surface area contributed by atoms with Crippen LogP contribution in [0.25, 0.3) is 0 Å². The van der Waals surface area contributed by atoms with E-state index in [9.17, 15) is 19.2 Å². The van der Waals surface area contributed by atoms with Gasteiger partial charge >= 0.3 is 23.9 Å². The Morgan fingerprint density at radius 3 is 0.643 bits per heavy atom. The normalized spacial score (nSPS) is 9.71. The molecule has 0 spiro atoms. The first-order valence-electron chi connectivity index (χ1n) is 12.4. The monoisotopic (exact) mass is 614 g/mol. The van der Waals surface area contributed by atoms with Gasteiger partial charge in [0.25, 0.3) is 0 Å². The number of carboxylic acid groups (broad SMARTS) is 4. The highest BCUT2D eigenvalue weighted by molar-refractivity contribution is 5.85. The van der Waals surface area contributed by atoms with Gasteiger partial charge in [0, 0.05) is 48.7 Å². The molecule has 0 aromatic heterocycles. The third-order valence-corrected chi connectivity index (χ3v) is 3.12. The SMILES string of the molecule is C=C(C)C(=O)O.C=C(C)C(=O)O.C=C(C)C(=O)O.C=C(C)C(=O)O.CC(O)CCO.CC(O)CCO.OCCCCO. The maximum absolute atomic E-state index is 9.60. The number of aliphatic hydroxyl groups is 6. The minimum absolute atomic E-state index is 0.0810. The van der Waals surface area contributed by atoms with Crippen LogP contribution in [-0.4, -0.2) is 114 Å². The molecule has 0 aromatic rings. The number of unbranched alkanes of at least 4 members (excludes halogenated alkanes) is 1. The minimum atomic E-state index is -0.935. The van der Waals surface area contributed by atoms with Crippen molar-refractivity contribution in [3.05, 3.63) is 48.6 Å². The maximum atomic E-state index is 9.60. The van der Waals surface area contributed by atoms with E-state index in [2.05, 4.69) is 26.3 Å². The van der Waals surface area contributed by atoms with Crippen molar-refractivity contribution in [2.75, 3.05) is 26.4 Å². The predicted molar refractivity (Wildman–Crippen MR) is 160 cm³/mol. The summed E-state index contributed by atoms with van der Waals surface area (Å²) in [6.07, 6.45) is 1.71. The van der Waals surface area contributed by atoms with Crippen LogP contribution in [0, 0.1) is 0 Å². The summed E-state index contributed by atoms with van der Waals surface area (Å²) >= 11 is 0. The zero-order valence-electron chi connectivity index (χ0n) is 25.7. The molecule has 250 valence electrons. The first-order valence-corrected chi connectivity index (χ1v) is 12.4. The molecule has 0 fully saturated rings. The van der Waals surface area contributed by atoms with E-state index in [1.165, 1.54) is 27.7 Å². The Kier molecular flexibility index (Phi) is 54.7. The van der Waals surface area contributed by atoms with E-state index in [-0.39, 0.29) is 60.9 Å². The van der Waals surface area contributed by atoms with Crippen LogP contribution >= 0.6 is 0 Å². The standard InChI is InChI=1S/2C4H10O2.4C4H6O2.C4H10O2/c2*1-4(6)2-3-5;4*1-3(2)4(5)6;5-3-1-2-4-6/h2*4-6H,2-3H2,1H3;4*1H2,2H3,(H,5,6);5-6H,1-4H2. The molecular weight excluding hydrogens is 560 g/mol. The van der Waals surface area contributed by atoms with Gasteiger partial charge in [-0.25, -0.2) is 19.2 Å². The molecule has 0 amide bonds. The van der Waals surface area contributed by atoms with Crippen LogP contribution < -0.4 is 0 Å². The van der Waals surface area contributed by atoms with E-state index in [1.54, 1.807) is 13.8 Å². The molecule has 0 aliphatic heterocycles. The summed E-state index contributed by atoms with van der Waals surface area (Å²) < 4.78 is 0. The number of hydrogen-bond acceptors (Lipinski definition) is 10. The summed E-state index contributed by atoms with van der Waals surface area (Å²) in [5.74, 6) is -3.74. The summed E-state index contributed by atoms with van der Waals surface area (Å²) in [5, 5.41) is 80.7. The zero-order chi connectivity index (χ0) is 35.4. The van der Waals surface area contributed by atoms with E-state index in [0.717, 1.165) is 12.8 Å². The van der Waals surface area contributed by atoms with Crippen molar-refractivity contribution in [3.8, 4) is 0 Å². The van der Waals surface area contributed by atoms with Crippen molar-refractivity contribution in [1.82, 2.24) is 0 Å². The van der Waals surface area contributed by atoms with Crippen molar-refractivity contribution in [1.29, 1.82) is 0 Å². The lowest BCUT2D eigenvalue weighted by Gasteiger charge is -1.95. The number of aliphatic carboxylic acids is 4. The van der Waals surface area contributed by atoms with Crippen molar-refractivity contribution in [3.63, 3.8) is 0 Å². The highest BCUT2D eigenvalue weighted by atomic mass is 16.4. The summed E-state index contributed by atoms with van der Waals surface area (Å²) in [4.78, 5) is 38.4. The predicted octanol–water partition coefficient (Wildman–Crippen LogP) is 1.84. The van der Waals surface area contributed by atoms with Gasteiger partial charge in [-0.05, 0) is 67.2 Å². The van der Waals surface area contributed by atoms with E-state index in [4.69, 9.17) is 51.1 Å². The lowest BCUT2D eigenvalue weighted by molar-refractivity contribution is -0.133. The smallest absolute Gasteiger partial charge is 0.330 e. The second-order valence-electron chi connectivity index (χ2n) is 8.22. The minimum Gasteiger partial charge on any atom is -0.478 e. The molecule has 14 heteroatoms. The van der Waals surface area contributed by atoms with Gasteiger partial charge in [0.1, 0.15) is 0 Å². The third kappa shape index (κ3) is 99.4. The molecule has 10 N–H and O–H groups in total. The summed E-state index contributed by atoms with van der Waals surface area (Å²) in [5.41, 5.74) is 0.704. The average Bonchev–Trinajstić information content (AvgIpc) is 2.84. The summed E-state index contributed by atoms with van der Waals surface area (Å²) in [6, 6.07) is 0. The number of hydrogen-bond donors (Lipinski definition) is 10. The quantitative estimate of drug-likeness (QED) is 0.117. The van der Waals surface area contributed by atoms with Gasteiger partial charge in [0.15, 0.2) is 0 Å². The van der Waals surface area contributed by atoms with Gasteiger partial charge in [-0.1, -0.05) is 26.3 Å². The fraction of sp³-hybridized carbons (Fsp3) is 0.571. The molecule has 0 rings (SSSR count). The van der Waals surface area contributed by atoms with Crippen LogP contribution in [0.15, 0.2) is 48.6 Å². The Hall–Kier alpha value is -3.40. The van der Waals surface area contributed by atoms with Crippen molar-refractivity contribution < 1.29 is 70.2 Å². The van der Waals surface area contributed by atoms with Gasteiger partial charge < -0.3 is 51.1 Å². The van der Waals surface area contributed by atoms with Gasteiger partial charge in [0.2, 0.25) is 0 Å². The molecule has 14 nitrogen and oxygen atoms in total. The summed E-state index contributed by atoms with van der Waals surface area (Å²) in [6.45, 7) is 22.3. The van der Waals surface area contributed by atoms with Gasteiger partial charge in [-0.15, -0.1) is 0 Å². The number of carbonyl (C=O) groups is 4. The first kappa shape index (κ1) is 54.6. The van der Waals surface area contributed by atoms with Crippen LogP contribution in [0.1, 0.15) is 67.2 Å². The largest absolute Gasteiger partial charge is 0.478 e. The van der Waals surface area contributed by atoms with Crippen LogP contribution in [-0.2, 0) is 19.2 Å². The van der Waals surface area contributed by atoms with E-state index in [1.807, 2.05) is 0 Å². The molecular formula is C28H54O14. The second kappa shape index (κ2) is 42.1. The van der Waals surface area contributed by atoms with E-state index in [0.29, 0.717) is 12.8 Å². The Labute approximate surface area is 248 Å². The highest BCUT2D eigenvalue weighted by Gasteiger charge is 1.92. The Bertz CT molecular complexity index is 583. The summed E-state index contributed by atoms with van der Waals surface area (Å²) in [7, 11) is 0. The molecule has 0 bridgehead atoms. The Balaban J connectivity index is -0.0000000681. The fourth-order valence-electron chi connectivity index (χ4n) is 0.597. The van der Waals surface area contributed by atoms with Crippen molar-refractivity contribution >= 4 is 23.9 Å². The van der Waals surface area contributed by atoms with Crippen LogP contribution in [0.4, 0.5) is 0 Å². The number of aliphatic hydroxyl groups excluding tert-OH is 6. The Morgan fingerprint density at radius 2 is 0.619 bits per heavy atom. The first-order chi connectivity index (χ1) is 19.0. The molecule has 0 heterocycles. The zero-order valence-corrected chi connectivity index (χ0v) is 25.7. The lowest BCUT2D eigenvalue weighted by atomic mass is 10.3. The fourth-order valence-corrected chi connectivity index (χ4v) is 0.597. The van der Waals surface area contributed by atoms with Gasteiger partial charge in [-0.3, -0.25) is 0 Å². The lowest BCUT2D eigenvalue weighted by Crippen LogP contribution is -2.00. The highest BCUT2D eigenvalue weighted by Crippen LogP contribution is 1.85. The third-order valence-electron chi connectivity index (χ3n) is 3.12. The molecule has 2 atom stereocenters. The van der Waals surface area contributed by atoms with E-state index >= 15 is 0 Å². The molecule has 0 saturated heterocycles. The average molecular weight is 615 g/mol. The second-order valence-corrected chi connectivity index (χ2v) is 8.22. The Morgan fingerprint density at radius 1 is 0.476 bits per heavy atom. The molecule has 2 unspecified atom stereocenters. The van der Waals surface area contributed by atoms with Crippen LogP contribution in [0.5, 0.6) is 0 Å². The molecule has 0 aromatic carbocycles. The number of rotatable bonds is 11. The van der Waals surface area contributed by atoms with Crippen molar-refractivity contribution in [2.24, 2.45) is 0 Å². The molecule has 42 heavy (non-hydrogen) atoms. The topological polar surface area (TPSA) is 271 Å².